The maximum absolute atomic E-state index is 12.0. The molecule has 1 heterocycles. The van der Waals surface area contributed by atoms with Gasteiger partial charge in [-0.1, -0.05) is 6.07 Å². The van der Waals surface area contributed by atoms with E-state index in [1.807, 2.05) is 12.1 Å². The van der Waals surface area contributed by atoms with E-state index in [0.29, 0.717) is 24.5 Å². The van der Waals surface area contributed by atoms with Crippen LogP contribution in [0, 0.1) is 0 Å². The van der Waals surface area contributed by atoms with E-state index in [0.717, 1.165) is 11.8 Å². The Kier molecular flexibility index (Phi) is 5.24. The molecule has 7 heteroatoms. The molecule has 0 aliphatic rings. The second kappa shape index (κ2) is 7.35. The number of primary amides is 1. The Morgan fingerprint density at radius 2 is 1.83 bits per heavy atom. The largest absolute Gasteiger partial charge is 0.493 e. The minimum atomic E-state index is -0.705. The maximum atomic E-state index is 12.0. The number of carbonyl (C=O) groups is 2. The average molecular weight is 318 g/mol. The number of ether oxygens (including phenoxy) is 2. The summed E-state index contributed by atoms with van der Waals surface area (Å²) in [7, 11) is 3.13. The Morgan fingerprint density at radius 1 is 1.13 bits per heavy atom. The van der Waals surface area contributed by atoms with Crippen LogP contribution < -0.4 is 20.5 Å². The van der Waals surface area contributed by atoms with Gasteiger partial charge in [-0.15, -0.1) is 0 Å². The van der Waals surface area contributed by atoms with E-state index >= 15 is 0 Å². The molecule has 3 N–H and O–H groups in total. The van der Waals surface area contributed by atoms with Gasteiger partial charge in [-0.05, 0) is 24.1 Å². The zero-order chi connectivity index (χ0) is 16.8. The predicted molar refractivity (Wildman–Crippen MR) is 82.8 cm³/mol. The highest BCUT2D eigenvalue weighted by molar-refractivity contribution is 6.06. The number of nitrogens with one attached hydrogen (secondary N) is 1. The first kappa shape index (κ1) is 16.4. The number of benzene rings is 1. The number of nitrogens with two attached hydrogens (primary N) is 1. The zero-order valence-electron chi connectivity index (χ0n) is 12.9. The molecule has 122 valence electrons. The Balaban J connectivity index is 1.95. The lowest BCUT2D eigenvalue weighted by Gasteiger charge is -2.10. The monoisotopic (exact) mass is 318 g/mol. The summed E-state index contributed by atoms with van der Waals surface area (Å²) in [6.45, 7) is 0.387. The van der Waals surface area contributed by atoms with Crippen molar-refractivity contribution in [1.29, 1.82) is 0 Å². The third kappa shape index (κ3) is 3.82. The Morgan fingerprint density at radius 3 is 2.48 bits per heavy atom. The van der Waals surface area contributed by atoms with Crippen LogP contribution in [0.5, 0.6) is 11.5 Å². The van der Waals surface area contributed by atoms with Crippen molar-refractivity contribution in [3.05, 3.63) is 47.4 Å². The third-order valence-electron chi connectivity index (χ3n) is 3.32. The number of rotatable bonds is 7. The topological polar surface area (TPSA) is 104 Å². The molecule has 0 saturated heterocycles. The molecular weight excluding hydrogens is 300 g/mol. The van der Waals surface area contributed by atoms with Crippen LogP contribution in [0.25, 0.3) is 0 Å². The molecule has 0 fully saturated rings. The van der Waals surface area contributed by atoms with Gasteiger partial charge in [0.1, 0.15) is 12.5 Å². The van der Waals surface area contributed by atoms with Crippen molar-refractivity contribution in [1.82, 2.24) is 5.32 Å². The van der Waals surface area contributed by atoms with Crippen LogP contribution in [-0.4, -0.2) is 32.6 Å². The molecule has 1 aromatic heterocycles. The molecule has 0 atom stereocenters. The van der Waals surface area contributed by atoms with Crippen molar-refractivity contribution in [3.63, 3.8) is 0 Å². The number of furan rings is 1. The Bertz CT molecular complexity index is 708. The van der Waals surface area contributed by atoms with Crippen LogP contribution in [-0.2, 0) is 6.42 Å². The van der Waals surface area contributed by atoms with Gasteiger partial charge in [-0.2, -0.15) is 0 Å². The summed E-state index contributed by atoms with van der Waals surface area (Å²) in [4.78, 5) is 23.2. The summed E-state index contributed by atoms with van der Waals surface area (Å²) in [5, 5.41) is 2.72. The number of hydrogen-bond acceptors (Lipinski definition) is 5. The van der Waals surface area contributed by atoms with Gasteiger partial charge in [-0.3, -0.25) is 9.59 Å². The van der Waals surface area contributed by atoms with E-state index in [9.17, 15) is 9.59 Å². The second-order valence-corrected chi connectivity index (χ2v) is 4.76. The molecule has 0 bridgehead atoms. The number of hydrogen-bond donors (Lipinski definition) is 2. The lowest BCUT2D eigenvalue weighted by Crippen LogP contribution is -2.27. The van der Waals surface area contributed by atoms with Crippen LogP contribution in [0.4, 0.5) is 0 Å². The van der Waals surface area contributed by atoms with E-state index in [1.165, 1.54) is 6.26 Å². The van der Waals surface area contributed by atoms with Gasteiger partial charge in [0.15, 0.2) is 11.5 Å². The van der Waals surface area contributed by atoms with Crippen LogP contribution in [0.1, 0.15) is 26.3 Å². The van der Waals surface area contributed by atoms with Crippen LogP contribution >= 0.6 is 0 Å². The molecule has 7 nitrogen and oxygen atoms in total. The van der Waals surface area contributed by atoms with Crippen molar-refractivity contribution in [2.75, 3.05) is 20.8 Å². The van der Waals surface area contributed by atoms with Gasteiger partial charge in [0, 0.05) is 6.54 Å². The standard InChI is InChI=1S/C16H18N2O5/c1-21-13-4-3-10(7-14(13)22-2)5-6-18-16(20)12-9-23-8-11(12)15(17)19/h3-4,7-9H,5-6H2,1-2H3,(H2,17,19)(H,18,20). The fourth-order valence-electron chi connectivity index (χ4n) is 2.12. The SMILES string of the molecule is COc1ccc(CCNC(=O)c2cocc2C(N)=O)cc1OC. The molecule has 0 aliphatic heterocycles. The summed E-state index contributed by atoms with van der Waals surface area (Å²) in [5.74, 6) is 0.156. The van der Waals surface area contributed by atoms with E-state index in [4.69, 9.17) is 19.6 Å². The zero-order valence-corrected chi connectivity index (χ0v) is 12.9. The third-order valence-corrected chi connectivity index (χ3v) is 3.32. The van der Waals surface area contributed by atoms with E-state index in [2.05, 4.69) is 5.32 Å². The summed E-state index contributed by atoms with van der Waals surface area (Å²) in [6.07, 6.45) is 2.95. The fraction of sp³-hybridized carbons (Fsp3) is 0.250. The Hall–Kier alpha value is -2.96. The highest BCUT2D eigenvalue weighted by Crippen LogP contribution is 2.27. The molecule has 2 amide bonds. The number of methoxy groups -OCH3 is 2. The summed E-state index contributed by atoms with van der Waals surface area (Å²) in [6, 6.07) is 5.54. The van der Waals surface area contributed by atoms with Gasteiger partial charge in [-0.25, -0.2) is 0 Å². The molecule has 2 rings (SSSR count). The van der Waals surface area contributed by atoms with Crippen molar-refractivity contribution < 1.29 is 23.5 Å². The quantitative estimate of drug-likeness (QED) is 0.802. The minimum Gasteiger partial charge on any atom is -0.493 e. The van der Waals surface area contributed by atoms with Crippen molar-refractivity contribution in [2.45, 2.75) is 6.42 Å². The fourth-order valence-corrected chi connectivity index (χ4v) is 2.12. The van der Waals surface area contributed by atoms with Gasteiger partial charge < -0.3 is 24.9 Å². The first-order valence-electron chi connectivity index (χ1n) is 6.92. The molecule has 0 saturated carbocycles. The molecule has 23 heavy (non-hydrogen) atoms. The highest BCUT2D eigenvalue weighted by Gasteiger charge is 2.17. The Labute approximate surface area is 133 Å². The van der Waals surface area contributed by atoms with Gasteiger partial charge >= 0.3 is 0 Å². The second-order valence-electron chi connectivity index (χ2n) is 4.76. The molecule has 0 radical (unpaired) electrons. The molecule has 2 aromatic rings. The lowest BCUT2D eigenvalue weighted by molar-refractivity contribution is 0.0937. The molecule has 0 aliphatic carbocycles. The van der Waals surface area contributed by atoms with Gasteiger partial charge in [0.25, 0.3) is 11.8 Å². The normalized spacial score (nSPS) is 10.2. The van der Waals surface area contributed by atoms with Crippen molar-refractivity contribution in [3.8, 4) is 11.5 Å². The lowest BCUT2D eigenvalue weighted by atomic mass is 10.1. The molecule has 0 spiro atoms. The van der Waals surface area contributed by atoms with Crippen LogP contribution in [0.2, 0.25) is 0 Å². The van der Waals surface area contributed by atoms with E-state index < -0.39 is 11.8 Å². The van der Waals surface area contributed by atoms with Crippen LogP contribution in [0.3, 0.4) is 0 Å². The highest BCUT2D eigenvalue weighted by atomic mass is 16.5. The molecule has 0 unspecified atom stereocenters. The summed E-state index contributed by atoms with van der Waals surface area (Å²) in [5.41, 5.74) is 6.34. The van der Waals surface area contributed by atoms with Crippen molar-refractivity contribution in [2.24, 2.45) is 5.73 Å². The van der Waals surface area contributed by atoms with Crippen LogP contribution in [0.15, 0.2) is 35.1 Å². The van der Waals surface area contributed by atoms with Gasteiger partial charge in [0.05, 0.1) is 25.3 Å². The first-order chi connectivity index (χ1) is 11.1. The van der Waals surface area contributed by atoms with E-state index in [-0.39, 0.29) is 11.1 Å². The predicted octanol–water partition coefficient (Wildman–Crippen LogP) is 1.37. The maximum Gasteiger partial charge on any atom is 0.255 e. The number of amides is 2. The molecule has 1 aromatic carbocycles. The average Bonchev–Trinajstić information content (AvgIpc) is 3.04. The summed E-state index contributed by atoms with van der Waals surface area (Å²) < 4.78 is 15.3. The first-order valence-corrected chi connectivity index (χ1v) is 6.92. The van der Waals surface area contributed by atoms with Gasteiger partial charge in [0.2, 0.25) is 0 Å². The smallest absolute Gasteiger partial charge is 0.255 e. The molecular formula is C16H18N2O5. The summed E-state index contributed by atoms with van der Waals surface area (Å²) >= 11 is 0. The van der Waals surface area contributed by atoms with Crippen molar-refractivity contribution >= 4 is 11.8 Å². The van der Waals surface area contributed by atoms with E-state index in [1.54, 1.807) is 20.3 Å². The minimum absolute atomic E-state index is 0.0635. The number of carbonyl (C=O) groups excluding carboxylic acids is 2.